The third-order valence-electron chi connectivity index (χ3n) is 5.85. The van der Waals surface area contributed by atoms with Gasteiger partial charge in [-0.3, -0.25) is 9.59 Å². The Kier molecular flexibility index (Phi) is 5.90. The number of hydrogen-bond acceptors (Lipinski definition) is 3. The molecular weight excluding hydrogens is 387 g/mol. The van der Waals surface area contributed by atoms with Gasteiger partial charge in [0.2, 0.25) is 5.91 Å². The lowest BCUT2D eigenvalue weighted by molar-refractivity contribution is -0.116. The fourth-order valence-corrected chi connectivity index (χ4v) is 4.99. The summed E-state index contributed by atoms with van der Waals surface area (Å²) in [6.07, 6.45) is 4.54. The van der Waals surface area contributed by atoms with Crippen LogP contribution < -0.4 is 10.2 Å². The molecule has 2 aliphatic rings. The van der Waals surface area contributed by atoms with Gasteiger partial charge in [0.1, 0.15) is 5.82 Å². The summed E-state index contributed by atoms with van der Waals surface area (Å²) in [7, 11) is 0. The van der Waals surface area contributed by atoms with Gasteiger partial charge in [-0.2, -0.15) is 0 Å². The zero-order chi connectivity index (χ0) is 20.4. The zero-order valence-electron chi connectivity index (χ0n) is 16.5. The lowest BCUT2D eigenvalue weighted by Gasteiger charge is -2.31. The standard InChI is InChI=1S/C23H25FN2O2S/c1-15-4-2-3-5-19(15)25-23(28)17-8-11-21-20(12-17)26(22(27)14-29-21)13-16-6-9-18(24)10-7-16/h6-12,15,19H,2-5,13-14H2,1H3,(H,25,28)/t15-,19-/m0/s1. The predicted octanol–water partition coefficient (Wildman–Crippen LogP) is 4.77. The van der Waals surface area contributed by atoms with E-state index in [0.29, 0.717) is 23.8 Å². The van der Waals surface area contributed by atoms with Crippen LogP contribution in [0.4, 0.5) is 10.1 Å². The summed E-state index contributed by atoms with van der Waals surface area (Å²) in [5.74, 6) is 0.448. The summed E-state index contributed by atoms with van der Waals surface area (Å²) in [6.45, 7) is 2.55. The SMILES string of the molecule is C[C@H]1CCCC[C@@H]1NC(=O)c1ccc2c(c1)N(Cc1ccc(F)cc1)C(=O)CS2. The summed E-state index contributed by atoms with van der Waals surface area (Å²) in [6, 6.07) is 11.9. The average molecular weight is 413 g/mol. The number of benzene rings is 2. The molecule has 152 valence electrons. The number of fused-ring (bicyclic) bond motifs is 1. The number of amides is 2. The van der Waals surface area contributed by atoms with Crippen LogP contribution in [0.25, 0.3) is 0 Å². The molecule has 1 aliphatic carbocycles. The van der Waals surface area contributed by atoms with Gasteiger partial charge in [0.05, 0.1) is 18.0 Å². The molecule has 2 amide bonds. The van der Waals surface area contributed by atoms with Crippen LogP contribution in [-0.2, 0) is 11.3 Å². The van der Waals surface area contributed by atoms with Crippen molar-refractivity contribution in [1.82, 2.24) is 5.32 Å². The van der Waals surface area contributed by atoms with Crippen LogP contribution in [0.15, 0.2) is 47.4 Å². The Morgan fingerprint density at radius 3 is 2.69 bits per heavy atom. The molecule has 0 aromatic heterocycles. The first kappa shape index (κ1) is 20.0. The zero-order valence-corrected chi connectivity index (χ0v) is 17.3. The van der Waals surface area contributed by atoms with Crippen molar-refractivity contribution in [3.8, 4) is 0 Å². The van der Waals surface area contributed by atoms with E-state index in [0.717, 1.165) is 35.4 Å². The van der Waals surface area contributed by atoms with Crippen molar-refractivity contribution in [2.75, 3.05) is 10.7 Å². The van der Waals surface area contributed by atoms with Gasteiger partial charge in [0.15, 0.2) is 0 Å². The minimum atomic E-state index is -0.300. The van der Waals surface area contributed by atoms with E-state index >= 15 is 0 Å². The monoisotopic (exact) mass is 412 g/mol. The summed E-state index contributed by atoms with van der Waals surface area (Å²) < 4.78 is 13.2. The van der Waals surface area contributed by atoms with Crippen LogP contribution in [-0.4, -0.2) is 23.6 Å². The molecule has 2 aromatic carbocycles. The number of thioether (sulfide) groups is 1. The van der Waals surface area contributed by atoms with Gasteiger partial charge in [0.25, 0.3) is 5.91 Å². The van der Waals surface area contributed by atoms with Crippen molar-refractivity contribution in [3.63, 3.8) is 0 Å². The highest BCUT2D eigenvalue weighted by molar-refractivity contribution is 8.00. The minimum absolute atomic E-state index is 0.00899. The van der Waals surface area contributed by atoms with Gasteiger partial charge in [-0.05, 0) is 54.7 Å². The fourth-order valence-electron chi connectivity index (χ4n) is 4.07. The molecule has 0 unspecified atom stereocenters. The number of carbonyl (C=O) groups is 2. The van der Waals surface area contributed by atoms with Crippen LogP contribution in [0.3, 0.4) is 0 Å². The lowest BCUT2D eigenvalue weighted by atomic mass is 9.86. The van der Waals surface area contributed by atoms with Crippen LogP contribution in [0.2, 0.25) is 0 Å². The molecule has 2 atom stereocenters. The van der Waals surface area contributed by atoms with Gasteiger partial charge in [-0.15, -0.1) is 11.8 Å². The van der Waals surface area contributed by atoms with Crippen molar-refractivity contribution in [1.29, 1.82) is 0 Å². The third-order valence-corrected chi connectivity index (χ3v) is 6.89. The number of anilines is 1. The Morgan fingerprint density at radius 1 is 1.17 bits per heavy atom. The molecule has 0 saturated heterocycles. The highest BCUT2D eigenvalue weighted by Crippen LogP contribution is 2.37. The maximum atomic E-state index is 13.2. The van der Waals surface area contributed by atoms with Gasteiger partial charge < -0.3 is 10.2 Å². The van der Waals surface area contributed by atoms with Crippen molar-refractivity contribution in [2.24, 2.45) is 5.92 Å². The molecule has 4 nitrogen and oxygen atoms in total. The summed E-state index contributed by atoms with van der Waals surface area (Å²) >= 11 is 1.49. The number of carbonyl (C=O) groups excluding carboxylic acids is 2. The molecule has 1 fully saturated rings. The second kappa shape index (κ2) is 8.57. The topological polar surface area (TPSA) is 49.4 Å². The molecule has 2 aromatic rings. The maximum absolute atomic E-state index is 13.2. The molecule has 0 spiro atoms. The number of rotatable bonds is 4. The normalized spacial score (nSPS) is 21.6. The number of nitrogens with zero attached hydrogens (tertiary/aromatic N) is 1. The van der Waals surface area contributed by atoms with E-state index in [2.05, 4.69) is 12.2 Å². The smallest absolute Gasteiger partial charge is 0.251 e. The van der Waals surface area contributed by atoms with Crippen molar-refractivity contribution in [3.05, 3.63) is 59.4 Å². The number of hydrogen-bond donors (Lipinski definition) is 1. The first-order valence-electron chi connectivity index (χ1n) is 10.1. The quantitative estimate of drug-likeness (QED) is 0.787. The lowest BCUT2D eigenvalue weighted by Crippen LogP contribution is -2.41. The summed E-state index contributed by atoms with van der Waals surface area (Å²) in [5.41, 5.74) is 2.17. The molecule has 4 rings (SSSR count). The summed E-state index contributed by atoms with van der Waals surface area (Å²) in [4.78, 5) is 28.1. The molecule has 1 saturated carbocycles. The van der Waals surface area contributed by atoms with Crippen molar-refractivity contribution in [2.45, 2.75) is 50.1 Å². The molecule has 0 radical (unpaired) electrons. The predicted molar refractivity (Wildman–Crippen MR) is 114 cm³/mol. The van der Waals surface area contributed by atoms with E-state index in [4.69, 9.17) is 0 Å². The minimum Gasteiger partial charge on any atom is -0.349 e. The van der Waals surface area contributed by atoms with Crippen LogP contribution in [0.5, 0.6) is 0 Å². The largest absolute Gasteiger partial charge is 0.349 e. The van der Waals surface area contributed by atoms with E-state index in [1.165, 1.54) is 30.3 Å². The number of halogens is 1. The first-order chi connectivity index (χ1) is 14.0. The fraction of sp³-hybridized carbons (Fsp3) is 0.391. The Bertz CT molecular complexity index is 916. The Balaban J connectivity index is 1.56. The third kappa shape index (κ3) is 4.47. The van der Waals surface area contributed by atoms with E-state index < -0.39 is 0 Å². The Hall–Kier alpha value is -2.34. The summed E-state index contributed by atoms with van der Waals surface area (Å²) in [5, 5.41) is 3.18. The van der Waals surface area contributed by atoms with Crippen LogP contribution in [0.1, 0.15) is 48.5 Å². The van der Waals surface area contributed by atoms with Crippen molar-refractivity contribution >= 4 is 29.3 Å². The molecular formula is C23H25FN2O2S. The van der Waals surface area contributed by atoms with E-state index in [1.54, 1.807) is 17.0 Å². The van der Waals surface area contributed by atoms with E-state index in [9.17, 15) is 14.0 Å². The Morgan fingerprint density at radius 2 is 1.93 bits per heavy atom. The van der Waals surface area contributed by atoms with Crippen LogP contribution in [0, 0.1) is 11.7 Å². The average Bonchev–Trinajstić information content (AvgIpc) is 2.73. The molecule has 29 heavy (non-hydrogen) atoms. The van der Waals surface area contributed by atoms with Gasteiger partial charge in [0, 0.05) is 16.5 Å². The Labute approximate surface area is 174 Å². The second-order valence-corrected chi connectivity index (χ2v) is 8.94. The van der Waals surface area contributed by atoms with Crippen LogP contribution >= 0.6 is 11.8 Å². The van der Waals surface area contributed by atoms with Crippen molar-refractivity contribution < 1.29 is 14.0 Å². The van der Waals surface area contributed by atoms with E-state index in [1.807, 2.05) is 18.2 Å². The maximum Gasteiger partial charge on any atom is 0.251 e. The second-order valence-electron chi connectivity index (χ2n) is 7.92. The van der Waals surface area contributed by atoms with Gasteiger partial charge >= 0.3 is 0 Å². The number of nitrogens with one attached hydrogen (secondary N) is 1. The molecule has 0 bridgehead atoms. The highest BCUT2D eigenvalue weighted by atomic mass is 32.2. The van der Waals surface area contributed by atoms with Gasteiger partial charge in [-0.1, -0.05) is 31.9 Å². The molecule has 1 aliphatic heterocycles. The van der Waals surface area contributed by atoms with Gasteiger partial charge in [-0.25, -0.2) is 4.39 Å². The molecule has 6 heteroatoms. The van der Waals surface area contributed by atoms with E-state index in [-0.39, 0.29) is 23.7 Å². The highest BCUT2D eigenvalue weighted by Gasteiger charge is 2.27. The molecule has 1 heterocycles. The molecule has 1 N–H and O–H groups in total. The first-order valence-corrected chi connectivity index (χ1v) is 11.1.